The van der Waals surface area contributed by atoms with Gasteiger partial charge in [0, 0.05) is 10.4 Å². The number of aromatic nitrogens is 1. The van der Waals surface area contributed by atoms with E-state index in [2.05, 4.69) is 0 Å². The molecule has 1 aromatic carbocycles. The molecule has 27 heavy (non-hydrogen) atoms. The molecule has 1 saturated heterocycles. The lowest BCUT2D eigenvalue weighted by Gasteiger charge is -2.42. The molecule has 1 aliphatic rings. The minimum Gasteiger partial charge on any atom is -0.354 e. The summed E-state index contributed by atoms with van der Waals surface area (Å²) in [4.78, 5) is 31.9. The third-order valence-electron chi connectivity index (χ3n) is 5.02. The van der Waals surface area contributed by atoms with E-state index in [9.17, 15) is 9.59 Å². The summed E-state index contributed by atoms with van der Waals surface area (Å²) in [6, 6.07) is 5.68. The molecule has 0 aliphatic carbocycles. The molecule has 0 atom stereocenters. The molecule has 0 saturated carbocycles. The Morgan fingerprint density at radius 2 is 1.74 bits per heavy atom. The van der Waals surface area contributed by atoms with Gasteiger partial charge in [0.1, 0.15) is 30.0 Å². The van der Waals surface area contributed by atoms with Gasteiger partial charge in [-0.05, 0) is 46.6 Å². The summed E-state index contributed by atoms with van der Waals surface area (Å²) in [5.74, 6) is -1.35. The zero-order valence-electron chi connectivity index (χ0n) is 16.7. The van der Waals surface area contributed by atoms with Crippen LogP contribution in [0.4, 0.5) is 0 Å². The van der Waals surface area contributed by atoms with Crippen LogP contribution < -0.4 is 5.46 Å². The molecular formula is C21H24BNO3S. The highest BCUT2D eigenvalue weighted by Gasteiger charge is 2.54. The minimum atomic E-state index is -1.03. The second-order valence-electron chi connectivity index (χ2n) is 8.04. The van der Waals surface area contributed by atoms with E-state index in [1.807, 2.05) is 32.0 Å². The van der Waals surface area contributed by atoms with Crippen molar-refractivity contribution in [2.75, 3.05) is 0 Å². The van der Waals surface area contributed by atoms with Gasteiger partial charge in [-0.15, -0.1) is 11.3 Å². The van der Waals surface area contributed by atoms with E-state index in [4.69, 9.17) is 17.6 Å². The van der Waals surface area contributed by atoms with Gasteiger partial charge in [0.2, 0.25) is 0 Å². The van der Waals surface area contributed by atoms with Crippen LogP contribution in [0, 0.1) is 6.92 Å². The summed E-state index contributed by atoms with van der Waals surface area (Å²) in [6.45, 7) is 10.9. The van der Waals surface area contributed by atoms with Crippen molar-refractivity contribution in [2.45, 2.75) is 65.1 Å². The molecule has 1 aliphatic heterocycles. The average molecular weight is 381 g/mol. The third-order valence-corrected chi connectivity index (χ3v) is 6.27. The molecule has 4 nitrogen and oxygen atoms in total. The molecular weight excluding hydrogens is 357 g/mol. The van der Waals surface area contributed by atoms with Crippen molar-refractivity contribution < 1.29 is 14.3 Å². The van der Waals surface area contributed by atoms with Gasteiger partial charge in [0.15, 0.2) is 11.6 Å². The molecule has 0 unspecified atom stereocenters. The number of hydrogen-bond donors (Lipinski definition) is 0. The lowest BCUT2D eigenvalue weighted by molar-refractivity contribution is -0.184. The minimum absolute atomic E-state index is 0.229. The Bertz CT molecular complexity index is 904. The van der Waals surface area contributed by atoms with E-state index in [-0.39, 0.29) is 11.6 Å². The fraction of sp³-hybridized carbons (Fsp3) is 0.476. The van der Waals surface area contributed by atoms with E-state index in [1.54, 1.807) is 27.7 Å². The highest BCUT2D eigenvalue weighted by atomic mass is 32.1. The first-order valence-electron chi connectivity index (χ1n) is 9.13. The Kier molecular flexibility index (Phi) is 4.94. The number of Topliss-reactive ketones (excluding diaryl/α,β-unsaturated/α-hetero) is 2. The van der Waals surface area contributed by atoms with Gasteiger partial charge in [-0.1, -0.05) is 30.6 Å². The highest BCUT2D eigenvalue weighted by molar-refractivity contribution is 7.15. The molecule has 3 rings (SSSR count). The standard InChI is InChI=1S/C21H24BNO3S/c1-7-14-16(15-17(24)20(3,4)26-21(5,6)18(15)25)23-19(27-14)13-9-8-12(22)10-11(13)2/h8-10,15H,7H2,1-6H3. The van der Waals surface area contributed by atoms with Gasteiger partial charge in [-0.25, -0.2) is 4.98 Å². The van der Waals surface area contributed by atoms with Crippen LogP contribution in [0.1, 0.15) is 56.7 Å². The zero-order chi connectivity index (χ0) is 20.1. The first-order valence-corrected chi connectivity index (χ1v) is 9.94. The number of carbonyl (C=O) groups is 2. The monoisotopic (exact) mass is 381 g/mol. The van der Waals surface area contributed by atoms with E-state index >= 15 is 0 Å². The summed E-state index contributed by atoms with van der Waals surface area (Å²) >= 11 is 1.53. The Labute approximate surface area is 165 Å². The molecule has 2 heterocycles. The van der Waals surface area contributed by atoms with Gasteiger partial charge < -0.3 is 4.74 Å². The highest BCUT2D eigenvalue weighted by Crippen LogP contribution is 2.42. The molecule has 2 radical (unpaired) electrons. The summed E-state index contributed by atoms with van der Waals surface area (Å²) in [5, 5.41) is 0.807. The van der Waals surface area contributed by atoms with Crippen molar-refractivity contribution in [1.29, 1.82) is 0 Å². The summed E-state index contributed by atoms with van der Waals surface area (Å²) in [6.07, 6.45) is 0.708. The summed E-state index contributed by atoms with van der Waals surface area (Å²) in [5.41, 5.74) is 1.20. The normalized spacial score (nSPS) is 19.5. The van der Waals surface area contributed by atoms with Crippen molar-refractivity contribution in [3.8, 4) is 10.6 Å². The Morgan fingerprint density at radius 3 is 2.26 bits per heavy atom. The van der Waals surface area contributed by atoms with Crippen LogP contribution in [0.5, 0.6) is 0 Å². The van der Waals surface area contributed by atoms with Gasteiger partial charge >= 0.3 is 0 Å². The number of thiazole rings is 1. The second-order valence-corrected chi connectivity index (χ2v) is 9.12. The van der Waals surface area contributed by atoms with Gasteiger partial charge in [-0.3, -0.25) is 9.59 Å². The molecule has 0 spiro atoms. The Hall–Kier alpha value is -1.79. The van der Waals surface area contributed by atoms with E-state index < -0.39 is 17.1 Å². The maximum Gasteiger partial charge on any atom is 0.180 e. The Morgan fingerprint density at radius 1 is 1.15 bits per heavy atom. The van der Waals surface area contributed by atoms with Crippen molar-refractivity contribution in [3.63, 3.8) is 0 Å². The predicted molar refractivity (Wildman–Crippen MR) is 109 cm³/mol. The van der Waals surface area contributed by atoms with Gasteiger partial charge in [-0.2, -0.15) is 0 Å². The molecule has 0 bridgehead atoms. The van der Waals surface area contributed by atoms with Crippen LogP contribution in [0.3, 0.4) is 0 Å². The maximum atomic E-state index is 13.1. The average Bonchev–Trinajstić information content (AvgIpc) is 2.96. The second kappa shape index (κ2) is 6.68. The van der Waals surface area contributed by atoms with Crippen LogP contribution in [0.15, 0.2) is 18.2 Å². The number of hydrogen-bond acceptors (Lipinski definition) is 5. The lowest BCUT2D eigenvalue weighted by atomic mass is 9.76. The predicted octanol–water partition coefficient (Wildman–Crippen LogP) is 3.28. The number of aryl methyl sites for hydroxylation is 2. The van der Waals surface area contributed by atoms with Crippen LogP contribution in [0.25, 0.3) is 10.6 Å². The number of rotatable bonds is 3. The van der Waals surface area contributed by atoms with Crippen molar-refractivity contribution in [2.24, 2.45) is 0 Å². The SMILES string of the molecule is [B]c1ccc(-c2nc(C3C(=O)C(C)(C)OC(C)(C)C3=O)c(CC)s2)c(C)c1. The first kappa shape index (κ1) is 20.0. The fourth-order valence-electron chi connectivity index (χ4n) is 3.69. The van der Waals surface area contributed by atoms with Crippen molar-refractivity contribution >= 4 is 36.2 Å². The lowest BCUT2D eigenvalue weighted by Crippen LogP contribution is -2.58. The summed E-state index contributed by atoms with van der Waals surface area (Å²) < 4.78 is 5.80. The van der Waals surface area contributed by atoms with Gasteiger partial charge in [0.05, 0.1) is 5.69 Å². The molecule has 6 heteroatoms. The van der Waals surface area contributed by atoms with E-state index in [0.29, 0.717) is 17.6 Å². The topological polar surface area (TPSA) is 56.3 Å². The largest absolute Gasteiger partial charge is 0.354 e. The first-order chi connectivity index (χ1) is 12.5. The fourth-order valence-corrected chi connectivity index (χ4v) is 4.81. The molecule has 1 aromatic heterocycles. The van der Waals surface area contributed by atoms with Crippen molar-refractivity contribution in [1.82, 2.24) is 4.98 Å². The van der Waals surface area contributed by atoms with Crippen LogP contribution in [-0.4, -0.2) is 35.6 Å². The molecule has 0 amide bonds. The number of benzene rings is 1. The maximum absolute atomic E-state index is 13.1. The number of carbonyl (C=O) groups excluding carboxylic acids is 2. The third kappa shape index (κ3) is 3.41. The number of nitrogens with zero attached hydrogens (tertiary/aromatic N) is 1. The zero-order valence-corrected chi connectivity index (χ0v) is 17.5. The van der Waals surface area contributed by atoms with Crippen LogP contribution >= 0.6 is 11.3 Å². The van der Waals surface area contributed by atoms with Gasteiger partial charge in [0.25, 0.3) is 0 Å². The number of ketones is 2. The molecule has 0 N–H and O–H groups in total. The van der Waals surface area contributed by atoms with Crippen LogP contribution in [-0.2, 0) is 20.7 Å². The smallest absolute Gasteiger partial charge is 0.180 e. The quantitative estimate of drug-likeness (QED) is 0.605. The van der Waals surface area contributed by atoms with Crippen molar-refractivity contribution in [3.05, 3.63) is 34.3 Å². The van der Waals surface area contributed by atoms with Crippen LogP contribution in [0.2, 0.25) is 0 Å². The van der Waals surface area contributed by atoms with E-state index in [1.165, 1.54) is 11.3 Å². The molecule has 1 fully saturated rings. The Balaban J connectivity index is 2.15. The summed E-state index contributed by atoms with van der Waals surface area (Å²) in [7, 11) is 5.86. The molecule has 140 valence electrons. The van der Waals surface area contributed by atoms with E-state index in [0.717, 1.165) is 21.0 Å². The molecule has 2 aromatic rings. The number of ether oxygens (including phenoxy) is 1.